The molecule has 282 valence electrons. The number of rotatable bonds is 7. The Labute approximate surface area is 346 Å². The zero-order valence-corrected chi connectivity index (χ0v) is 33.4. The van der Waals surface area contributed by atoms with Crippen molar-refractivity contribution in [2.24, 2.45) is 0 Å². The van der Waals surface area contributed by atoms with E-state index in [9.17, 15) is 0 Å². The molecule has 0 spiro atoms. The van der Waals surface area contributed by atoms with E-state index >= 15 is 0 Å². The van der Waals surface area contributed by atoms with Gasteiger partial charge in [0.25, 0.3) is 0 Å². The third-order valence-electron chi connectivity index (χ3n) is 12.6. The number of aromatic nitrogens is 1. The lowest BCUT2D eigenvalue weighted by Gasteiger charge is -2.28. The van der Waals surface area contributed by atoms with E-state index in [1.54, 1.807) is 0 Å². The second-order valence-electron chi connectivity index (χ2n) is 16.5. The molecule has 1 aromatic heterocycles. The fourth-order valence-electron chi connectivity index (χ4n) is 9.59. The van der Waals surface area contributed by atoms with Crippen LogP contribution >= 0.6 is 0 Å². The summed E-state index contributed by atoms with van der Waals surface area (Å²) in [5, 5.41) is 2.58. The van der Waals surface area contributed by atoms with Crippen LogP contribution in [0.5, 0.6) is 0 Å². The smallest absolute Gasteiger partial charge is 0.0544 e. The molecule has 2 nitrogen and oxygen atoms in total. The summed E-state index contributed by atoms with van der Waals surface area (Å²) in [7, 11) is 0. The molecule has 1 heterocycles. The fraction of sp³-hybridized carbons (Fsp3) is 0.0877. The molecule has 0 radical (unpaired) electrons. The van der Waals surface area contributed by atoms with Gasteiger partial charge in [0, 0.05) is 38.9 Å². The molecule has 0 saturated heterocycles. The maximum atomic E-state index is 2.46. The van der Waals surface area contributed by atoms with Crippen LogP contribution in [0.25, 0.3) is 72.0 Å². The molecule has 9 aromatic rings. The minimum Gasteiger partial charge on any atom is -0.311 e. The predicted molar refractivity (Wildman–Crippen MR) is 250 cm³/mol. The van der Waals surface area contributed by atoms with Gasteiger partial charge in [0.15, 0.2) is 0 Å². The summed E-state index contributed by atoms with van der Waals surface area (Å²) in [5.74, 6) is 0. The highest BCUT2D eigenvalue weighted by atomic mass is 15.1. The highest BCUT2D eigenvalue weighted by Gasteiger charge is 2.36. The van der Waals surface area contributed by atoms with Crippen molar-refractivity contribution in [2.45, 2.75) is 32.1 Å². The normalized spacial score (nSPS) is 14.0. The van der Waals surface area contributed by atoms with Gasteiger partial charge in [-0.15, -0.1) is 0 Å². The summed E-state index contributed by atoms with van der Waals surface area (Å²) in [4.78, 5) is 2.39. The Morgan fingerprint density at radius 3 is 1.88 bits per heavy atom. The van der Waals surface area contributed by atoms with Gasteiger partial charge >= 0.3 is 0 Å². The van der Waals surface area contributed by atoms with Crippen LogP contribution in [0, 0.1) is 0 Å². The van der Waals surface area contributed by atoms with Crippen molar-refractivity contribution in [2.75, 3.05) is 4.90 Å². The molecule has 8 aromatic carbocycles. The molecule has 59 heavy (non-hydrogen) atoms. The SMILES string of the molecule is CC1(C)c2ccccc2-c2cc3c4ccccc4n(-c4ccc(-c5cccc(-c6cccc(N(C7=CCCC=C7)c7ccc(-c8ccccc8)cc7)c6)c5)cc4)c3cc21. The van der Waals surface area contributed by atoms with Crippen LogP contribution in [0.1, 0.15) is 37.8 Å². The minimum absolute atomic E-state index is 0.0631. The summed E-state index contributed by atoms with van der Waals surface area (Å²) in [5.41, 5.74) is 19.8. The first-order valence-electron chi connectivity index (χ1n) is 20.8. The zero-order valence-electron chi connectivity index (χ0n) is 33.4. The summed E-state index contributed by atoms with van der Waals surface area (Å²) in [6.07, 6.45) is 9.01. The van der Waals surface area contributed by atoms with Gasteiger partial charge in [-0.3, -0.25) is 0 Å². The van der Waals surface area contributed by atoms with Crippen LogP contribution in [0.15, 0.2) is 212 Å². The average Bonchev–Trinajstić information content (AvgIpc) is 3.74. The van der Waals surface area contributed by atoms with Gasteiger partial charge in [-0.1, -0.05) is 153 Å². The highest BCUT2D eigenvalue weighted by molar-refractivity contribution is 6.11. The van der Waals surface area contributed by atoms with Gasteiger partial charge in [0.2, 0.25) is 0 Å². The molecular weight excluding hydrogens is 713 g/mol. The summed E-state index contributed by atoms with van der Waals surface area (Å²) in [6.45, 7) is 4.73. The molecular formula is C57H44N2. The average molecular weight is 757 g/mol. The van der Waals surface area contributed by atoms with Crippen LogP contribution in [-0.4, -0.2) is 4.57 Å². The molecule has 2 heteroatoms. The van der Waals surface area contributed by atoms with Crippen molar-refractivity contribution in [3.05, 3.63) is 223 Å². The van der Waals surface area contributed by atoms with E-state index in [1.807, 2.05) is 0 Å². The van der Waals surface area contributed by atoms with Gasteiger partial charge in [0.1, 0.15) is 0 Å². The van der Waals surface area contributed by atoms with Crippen molar-refractivity contribution >= 4 is 33.2 Å². The third-order valence-corrected chi connectivity index (χ3v) is 12.6. The lowest BCUT2D eigenvalue weighted by Crippen LogP contribution is -2.16. The van der Waals surface area contributed by atoms with Crippen LogP contribution in [-0.2, 0) is 5.41 Å². The molecule has 0 fully saturated rings. The van der Waals surface area contributed by atoms with E-state index in [1.165, 1.54) is 88.8 Å². The summed E-state index contributed by atoms with van der Waals surface area (Å²) in [6, 6.07) is 69.3. The Balaban J connectivity index is 0.937. The molecule has 0 saturated carbocycles. The largest absolute Gasteiger partial charge is 0.311 e. The molecule has 2 aliphatic carbocycles. The van der Waals surface area contributed by atoms with Gasteiger partial charge in [-0.2, -0.15) is 0 Å². The first-order chi connectivity index (χ1) is 29.0. The van der Waals surface area contributed by atoms with E-state index < -0.39 is 0 Å². The van der Waals surface area contributed by atoms with Crippen LogP contribution < -0.4 is 4.90 Å². The zero-order chi connectivity index (χ0) is 39.5. The van der Waals surface area contributed by atoms with E-state index in [-0.39, 0.29) is 5.41 Å². The Morgan fingerprint density at radius 2 is 1.08 bits per heavy atom. The first kappa shape index (κ1) is 35.0. The molecule has 0 amide bonds. The van der Waals surface area contributed by atoms with E-state index in [0.29, 0.717) is 0 Å². The number of hydrogen-bond acceptors (Lipinski definition) is 1. The number of fused-ring (bicyclic) bond motifs is 6. The number of anilines is 2. The topological polar surface area (TPSA) is 8.17 Å². The summed E-state index contributed by atoms with van der Waals surface area (Å²) >= 11 is 0. The second kappa shape index (κ2) is 14.0. The van der Waals surface area contributed by atoms with Crippen molar-refractivity contribution < 1.29 is 0 Å². The molecule has 0 atom stereocenters. The maximum absolute atomic E-state index is 2.46. The summed E-state index contributed by atoms with van der Waals surface area (Å²) < 4.78 is 2.45. The van der Waals surface area contributed by atoms with E-state index in [2.05, 4.69) is 230 Å². The quantitative estimate of drug-likeness (QED) is 0.157. The number of nitrogens with zero attached hydrogens (tertiary/aromatic N) is 2. The van der Waals surface area contributed by atoms with E-state index in [4.69, 9.17) is 0 Å². The molecule has 11 rings (SSSR count). The number of allylic oxidation sites excluding steroid dienone is 3. The predicted octanol–water partition coefficient (Wildman–Crippen LogP) is 15.5. The van der Waals surface area contributed by atoms with Crippen molar-refractivity contribution in [1.29, 1.82) is 0 Å². The van der Waals surface area contributed by atoms with Crippen molar-refractivity contribution in [3.63, 3.8) is 0 Å². The molecule has 2 aliphatic rings. The van der Waals surface area contributed by atoms with Crippen LogP contribution in [0.4, 0.5) is 11.4 Å². The highest BCUT2D eigenvalue weighted by Crippen LogP contribution is 2.51. The lowest BCUT2D eigenvalue weighted by atomic mass is 9.82. The lowest BCUT2D eigenvalue weighted by molar-refractivity contribution is 0.661. The van der Waals surface area contributed by atoms with Gasteiger partial charge in [0.05, 0.1) is 11.0 Å². The van der Waals surface area contributed by atoms with Gasteiger partial charge in [-0.05, 0) is 135 Å². The molecule has 0 unspecified atom stereocenters. The molecule has 0 aliphatic heterocycles. The standard InChI is InChI=1S/C57H44N2/c1-57(2)53-25-11-9-23-49(53)51-37-52-50-24-10-12-26-55(50)59(56(52)38-54(51)57)47-33-29-41(30-34-47)42-17-13-18-43(35-42)44-19-14-22-48(36-44)58(45-20-7-4-8-21-45)46-31-27-40(28-32-46)39-15-5-3-6-16-39/h3,5-7,9-38H,4,8H2,1-2H3. The van der Waals surface area contributed by atoms with Gasteiger partial charge in [-0.25, -0.2) is 0 Å². The fourth-order valence-corrected chi connectivity index (χ4v) is 9.59. The van der Waals surface area contributed by atoms with Crippen LogP contribution in [0.2, 0.25) is 0 Å². The Bertz CT molecular complexity index is 3100. The molecule has 0 N–H and O–H groups in total. The van der Waals surface area contributed by atoms with E-state index in [0.717, 1.165) is 24.2 Å². The van der Waals surface area contributed by atoms with Crippen LogP contribution in [0.3, 0.4) is 0 Å². The molecule has 0 bridgehead atoms. The Morgan fingerprint density at radius 1 is 0.441 bits per heavy atom. The number of para-hydroxylation sites is 1. The van der Waals surface area contributed by atoms with Gasteiger partial charge < -0.3 is 9.47 Å². The Kier molecular flexibility index (Phi) is 8.34. The Hall–Kier alpha value is -7.16. The monoisotopic (exact) mass is 756 g/mol. The maximum Gasteiger partial charge on any atom is 0.0544 e. The second-order valence-corrected chi connectivity index (χ2v) is 16.5. The first-order valence-corrected chi connectivity index (χ1v) is 20.8. The number of benzene rings is 8. The third kappa shape index (κ3) is 5.94. The van der Waals surface area contributed by atoms with Crippen molar-refractivity contribution in [3.8, 4) is 50.2 Å². The minimum atomic E-state index is -0.0631. The number of hydrogen-bond donors (Lipinski definition) is 0. The van der Waals surface area contributed by atoms with Crippen molar-refractivity contribution in [1.82, 2.24) is 4.57 Å².